The van der Waals surface area contributed by atoms with Crippen molar-refractivity contribution in [3.8, 4) is 0 Å². The molecule has 2 rings (SSSR count). The third kappa shape index (κ3) is 1.15. The van der Waals surface area contributed by atoms with E-state index in [0.29, 0.717) is 6.42 Å². The van der Waals surface area contributed by atoms with Crippen molar-refractivity contribution in [1.82, 2.24) is 0 Å². The number of allylic oxidation sites excluding steroid dienone is 1. The largest absolute Gasteiger partial charge is 0.204 e. The molecule has 1 aromatic rings. The summed E-state index contributed by atoms with van der Waals surface area (Å²) < 4.78 is 25.4. The van der Waals surface area contributed by atoms with Crippen LogP contribution in [0.4, 0.5) is 8.78 Å². The first kappa shape index (κ1) is 7.53. The molecule has 0 saturated heterocycles. The van der Waals surface area contributed by atoms with Crippen LogP contribution in [-0.2, 0) is 6.42 Å². The first-order valence-corrected chi connectivity index (χ1v) is 3.75. The molecule has 59 valence electrons. The first-order valence-electron chi connectivity index (χ1n) is 3.75. The molecule has 1 radical (unpaired) electrons. The third-order valence-electron chi connectivity index (χ3n) is 1.93. The van der Waals surface area contributed by atoms with Crippen molar-refractivity contribution in [1.29, 1.82) is 0 Å². The summed E-state index contributed by atoms with van der Waals surface area (Å²) in [4.78, 5) is 0. The Morgan fingerprint density at radius 2 is 1.92 bits per heavy atom. The number of halogens is 2. The van der Waals surface area contributed by atoms with Crippen LogP contribution in [0.5, 0.6) is 0 Å². The van der Waals surface area contributed by atoms with Crippen molar-refractivity contribution in [2.45, 2.75) is 6.42 Å². The maximum Gasteiger partial charge on any atom is 0.181 e. The van der Waals surface area contributed by atoms with Gasteiger partial charge in [-0.1, -0.05) is 11.5 Å². The van der Waals surface area contributed by atoms with Crippen LogP contribution >= 0.6 is 0 Å². The summed E-state index contributed by atoms with van der Waals surface area (Å²) in [5.41, 5.74) is 1.62. The topological polar surface area (TPSA) is 0 Å². The standard InChI is InChI=1S/C9H6BF2/c11-8-4-6-2-1-3-10-7(6)5-9(8)12/h1,3-5H,2H2. The van der Waals surface area contributed by atoms with E-state index in [2.05, 4.69) is 0 Å². The van der Waals surface area contributed by atoms with E-state index in [0.717, 1.165) is 11.0 Å². The lowest BCUT2D eigenvalue weighted by Gasteiger charge is -2.09. The number of hydrogen-bond donors (Lipinski definition) is 0. The maximum absolute atomic E-state index is 12.7. The molecule has 12 heavy (non-hydrogen) atoms. The Balaban J connectivity index is 2.53. The van der Waals surface area contributed by atoms with Crippen LogP contribution in [-0.4, -0.2) is 7.28 Å². The van der Waals surface area contributed by atoms with Gasteiger partial charge >= 0.3 is 0 Å². The fourth-order valence-corrected chi connectivity index (χ4v) is 1.30. The van der Waals surface area contributed by atoms with Crippen LogP contribution in [0.2, 0.25) is 0 Å². The molecule has 3 heteroatoms. The predicted octanol–water partition coefficient (Wildman–Crippen LogP) is 1.36. The van der Waals surface area contributed by atoms with Gasteiger partial charge in [-0.15, -0.1) is 5.98 Å². The molecule has 0 bridgehead atoms. The fraction of sp³-hybridized carbons (Fsp3) is 0.111. The Labute approximate surface area is 70.1 Å². The molecule has 0 aromatic heterocycles. The average molecular weight is 163 g/mol. The van der Waals surface area contributed by atoms with Crippen molar-refractivity contribution >= 4 is 12.7 Å². The summed E-state index contributed by atoms with van der Waals surface area (Å²) in [6.45, 7) is 0. The highest BCUT2D eigenvalue weighted by Gasteiger charge is 2.10. The van der Waals surface area contributed by atoms with Gasteiger partial charge in [0, 0.05) is 0 Å². The minimum Gasteiger partial charge on any atom is -0.204 e. The quantitative estimate of drug-likeness (QED) is 0.506. The highest BCUT2D eigenvalue weighted by molar-refractivity contribution is 6.59. The van der Waals surface area contributed by atoms with E-state index in [1.54, 1.807) is 7.28 Å². The van der Waals surface area contributed by atoms with Crippen LogP contribution in [0.1, 0.15) is 5.56 Å². The molecule has 0 nitrogen and oxygen atoms in total. The summed E-state index contributed by atoms with van der Waals surface area (Å²) in [5, 5.41) is 0. The lowest BCUT2D eigenvalue weighted by molar-refractivity contribution is 0.508. The van der Waals surface area contributed by atoms with Gasteiger partial charge in [-0.25, -0.2) is 8.78 Å². The zero-order valence-corrected chi connectivity index (χ0v) is 6.35. The van der Waals surface area contributed by atoms with Crippen molar-refractivity contribution in [2.75, 3.05) is 0 Å². The molecule has 0 aliphatic carbocycles. The summed E-state index contributed by atoms with van der Waals surface area (Å²) in [7, 11) is 1.78. The molecule has 1 aromatic carbocycles. The van der Waals surface area contributed by atoms with Crippen molar-refractivity contribution in [2.24, 2.45) is 0 Å². The second-order valence-corrected chi connectivity index (χ2v) is 2.76. The van der Waals surface area contributed by atoms with Gasteiger partial charge in [0.15, 0.2) is 18.9 Å². The van der Waals surface area contributed by atoms with Crippen molar-refractivity contribution in [3.63, 3.8) is 0 Å². The zero-order chi connectivity index (χ0) is 8.55. The van der Waals surface area contributed by atoms with Crippen molar-refractivity contribution < 1.29 is 8.78 Å². The summed E-state index contributed by atoms with van der Waals surface area (Å²) in [6.07, 6.45) is 2.60. The van der Waals surface area contributed by atoms with Crippen LogP contribution in [0.3, 0.4) is 0 Å². The van der Waals surface area contributed by atoms with E-state index in [1.807, 2.05) is 12.1 Å². The predicted molar refractivity (Wildman–Crippen MR) is 44.6 cm³/mol. The van der Waals surface area contributed by atoms with E-state index in [-0.39, 0.29) is 0 Å². The lowest BCUT2D eigenvalue weighted by Crippen LogP contribution is -2.22. The molecule has 1 aliphatic rings. The summed E-state index contributed by atoms with van der Waals surface area (Å²) >= 11 is 0. The van der Waals surface area contributed by atoms with Gasteiger partial charge in [0.25, 0.3) is 0 Å². The van der Waals surface area contributed by atoms with Gasteiger partial charge in [-0.05, 0) is 24.1 Å². The van der Waals surface area contributed by atoms with Crippen LogP contribution in [0, 0.1) is 11.6 Å². The summed E-state index contributed by atoms with van der Waals surface area (Å²) in [5.74, 6) is 0.303. The number of hydrogen-bond acceptors (Lipinski definition) is 0. The Morgan fingerprint density at radius 1 is 1.17 bits per heavy atom. The molecule has 0 atom stereocenters. The molecule has 1 aliphatic heterocycles. The number of benzene rings is 1. The van der Waals surface area contributed by atoms with Crippen LogP contribution in [0.25, 0.3) is 0 Å². The fourth-order valence-electron chi connectivity index (χ4n) is 1.30. The third-order valence-corrected chi connectivity index (χ3v) is 1.93. The Kier molecular flexibility index (Phi) is 1.72. The van der Waals surface area contributed by atoms with Gasteiger partial charge in [0.2, 0.25) is 0 Å². The van der Waals surface area contributed by atoms with Crippen LogP contribution < -0.4 is 5.46 Å². The first-order chi connectivity index (χ1) is 5.77. The SMILES string of the molecule is Fc1cc2c(cc1F)CC=C[B]2. The summed E-state index contributed by atoms with van der Waals surface area (Å²) in [6, 6.07) is 2.48. The molecular formula is C9H6BF2. The second kappa shape index (κ2) is 2.74. The molecule has 0 fully saturated rings. The van der Waals surface area contributed by atoms with Gasteiger partial charge in [-0.2, -0.15) is 0 Å². The van der Waals surface area contributed by atoms with Crippen LogP contribution in [0.15, 0.2) is 24.2 Å². The molecule has 1 heterocycles. The Morgan fingerprint density at radius 3 is 2.75 bits per heavy atom. The minimum atomic E-state index is -0.777. The van der Waals surface area contributed by atoms with Gasteiger partial charge < -0.3 is 0 Å². The smallest absolute Gasteiger partial charge is 0.181 e. The number of fused-ring (bicyclic) bond motifs is 1. The van der Waals surface area contributed by atoms with E-state index in [1.165, 1.54) is 12.1 Å². The van der Waals surface area contributed by atoms with E-state index >= 15 is 0 Å². The average Bonchev–Trinajstić information content (AvgIpc) is 2.07. The normalized spacial score (nSPS) is 13.8. The van der Waals surface area contributed by atoms with E-state index in [4.69, 9.17) is 0 Å². The van der Waals surface area contributed by atoms with Gasteiger partial charge in [-0.3, -0.25) is 0 Å². The number of rotatable bonds is 0. The van der Waals surface area contributed by atoms with E-state index < -0.39 is 11.6 Å². The van der Waals surface area contributed by atoms with Crippen molar-refractivity contribution in [3.05, 3.63) is 41.4 Å². The second-order valence-electron chi connectivity index (χ2n) is 2.76. The highest BCUT2D eigenvalue weighted by Crippen LogP contribution is 2.09. The molecule has 0 saturated carbocycles. The molecule has 0 unspecified atom stereocenters. The zero-order valence-electron chi connectivity index (χ0n) is 6.35. The Bertz CT molecular complexity index is 312. The molecule has 0 amide bonds. The molecular weight excluding hydrogens is 157 g/mol. The monoisotopic (exact) mass is 163 g/mol. The van der Waals surface area contributed by atoms with Gasteiger partial charge in [0.05, 0.1) is 0 Å². The lowest BCUT2D eigenvalue weighted by atomic mass is 9.65. The minimum absolute atomic E-state index is 0.684. The molecule has 0 N–H and O–H groups in total. The molecule has 0 spiro atoms. The van der Waals surface area contributed by atoms with E-state index in [9.17, 15) is 8.78 Å². The Hall–Kier alpha value is -1.12. The van der Waals surface area contributed by atoms with Gasteiger partial charge in [0.1, 0.15) is 0 Å². The maximum atomic E-state index is 12.7. The highest BCUT2D eigenvalue weighted by atomic mass is 19.2.